The number of alkyl halides is 3. The van der Waals surface area contributed by atoms with Gasteiger partial charge in [-0.2, -0.15) is 18.3 Å². The smallest absolute Gasteiger partial charge is 0.349 e. The van der Waals surface area contributed by atoms with Crippen LogP contribution in [0.4, 0.5) is 13.2 Å². The molecular weight excluding hydrogens is 457 g/mol. The van der Waals surface area contributed by atoms with Crippen molar-refractivity contribution >= 4 is 16.8 Å². The highest BCUT2D eigenvalue weighted by Crippen LogP contribution is 2.38. The second-order valence-corrected chi connectivity index (χ2v) is 8.76. The molecule has 0 atom stereocenters. The SMILES string of the molecule is Cc1ccc(C(=O)NC2CC2)cc1-c1cc2c(C)nnc(-c3ccccc3C(F)(F)F)c2[nH]c1=O. The van der Waals surface area contributed by atoms with E-state index in [-0.39, 0.29) is 28.7 Å². The fraction of sp³-hybridized carbons (Fsp3) is 0.231. The van der Waals surface area contributed by atoms with Crippen LogP contribution in [0.15, 0.2) is 53.3 Å². The summed E-state index contributed by atoms with van der Waals surface area (Å²) in [7, 11) is 0. The predicted octanol–water partition coefficient (Wildman–Crippen LogP) is 5.18. The van der Waals surface area contributed by atoms with Gasteiger partial charge in [-0.1, -0.05) is 24.3 Å². The first-order chi connectivity index (χ1) is 16.6. The van der Waals surface area contributed by atoms with Gasteiger partial charge in [-0.05, 0) is 62.1 Å². The van der Waals surface area contributed by atoms with Gasteiger partial charge in [-0.3, -0.25) is 9.59 Å². The third-order valence-corrected chi connectivity index (χ3v) is 6.16. The van der Waals surface area contributed by atoms with Crippen molar-refractivity contribution in [1.29, 1.82) is 0 Å². The number of benzene rings is 2. The van der Waals surface area contributed by atoms with Crippen LogP contribution < -0.4 is 10.9 Å². The minimum atomic E-state index is -4.60. The quantitative estimate of drug-likeness (QED) is 0.423. The summed E-state index contributed by atoms with van der Waals surface area (Å²) in [6, 6.07) is 12.0. The van der Waals surface area contributed by atoms with Crippen LogP contribution in [0.2, 0.25) is 0 Å². The Morgan fingerprint density at radius 3 is 2.46 bits per heavy atom. The van der Waals surface area contributed by atoms with Crippen molar-refractivity contribution in [2.45, 2.75) is 38.9 Å². The molecule has 5 rings (SSSR count). The number of fused-ring (bicyclic) bond motifs is 1. The van der Waals surface area contributed by atoms with Gasteiger partial charge in [0.05, 0.1) is 16.8 Å². The number of aryl methyl sites for hydroxylation is 2. The molecule has 0 spiro atoms. The van der Waals surface area contributed by atoms with Crippen LogP contribution in [0.25, 0.3) is 33.3 Å². The number of pyridine rings is 1. The minimum Gasteiger partial charge on any atom is -0.349 e. The molecule has 2 aromatic carbocycles. The number of nitrogens with zero attached hydrogens (tertiary/aromatic N) is 2. The fourth-order valence-corrected chi connectivity index (χ4v) is 4.11. The molecule has 6 nitrogen and oxygen atoms in total. The van der Waals surface area contributed by atoms with E-state index < -0.39 is 17.3 Å². The van der Waals surface area contributed by atoms with E-state index in [0.717, 1.165) is 24.5 Å². The maximum absolute atomic E-state index is 13.7. The number of nitrogens with one attached hydrogen (secondary N) is 2. The molecule has 1 amide bonds. The lowest BCUT2D eigenvalue weighted by molar-refractivity contribution is -0.137. The molecule has 1 aliphatic rings. The van der Waals surface area contributed by atoms with Gasteiger partial charge in [0.15, 0.2) is 0 Å². The van der Waals surface area contributed by atoms with E-state index >= 15 is 0 Å². The highest BCUT2D eigenvalue weighted by molar-refractivity contribution is 5.98. The number of amides is 1. The molecule has 0 bridgehead atoms. The Balaban J connectivity index is 1.68. The number of hydrogen-bond donors (Lipinski definition) is 2. The van der Waals surface area contributed by atoms with Gasteiger partial charge >= 0.3 is 6.18 Å². The average molecular weight is 478 g/mol. The van der Waals surface area contributed by atoms with E-state index in [0.29, 0.717) is 27.8 Å². The summed E-state index contributed by atoms with van der Waals surface area (Å²) in [5.41, 5.74) is 1.09. The first kappa shape index (κ1) is 22.8. The number of aromatic amines is 1. The van der Waals surface area contributed by atoms with E-state index in [2.05, 4.69) is 20.5 Å². The second-order valence-electron chi connectivity index (χ2n) is 8.76. The van der Waals surface area contributed by atoms with Crippen molar-refractivity contribution in [2.75, 3.05) is 0 Å². The molecular formula is C26H21F3N4O2. The van der Waals surface area contributed by atoms with Crippen LogP contribution >= 0.6 is 0 Å². The molecule has 2 aromatic heterocycles. The fourth-order valence-electron chi connectivity index (χ4n) is 4.11. The summed E-state index contributed by atoms with van der Waals surface area (Å²) in [5, 5.41) is 11.5. The van der Waals surface area contributed by atoms with Crippen LogP contribution in [-0.2, 0) is 6.18 Å². The Labute approximate surface area is 198 Å². The summed E-state index contributed by atoms with van der Waals surface area (Å²) in [5.74, 6) is -0.209. The molecule has 0 saturated heterocycles. The Bertz CT molecular complexity index is 1540. The van der Waals surface area contributed by atoms with Gasteiger partial charge in [0.1, 0.15) is 5.69 Å². The van der Waals surface area contributed by atoms with Crippen LogP contribution in [0.1, 0.15) is 40.0 Å². The van der Waals surface area contributed by atoms with Crippen molar-refractivity contribution < 1.29 is 18.0 Å². The molecule has 35 heavy (non-hydrogen) atoms. The lowest BCUT2D eigenvalue weighted by atomic mass is 9.96. The maximum Gasteiger partial charge on any atom is 0.417 e. The van der Waals surface area contributed by atoms with Gasteiger partial charge in [0.2, 0.25) is 0 Å². The van der Waals surface area contributed by atoms with Crippen molar-refractivity contribution in [3.63, 3.8) is 0 Å². The van der Waals surface area contributed by atoms with Crippen LogP contribution in [0, 0.1) is 13.8 Å². The molecule has 4 aromatic rings. The molecule has 1 fully saturated rings. The third kappa shape index (κ3) is 4.29. The monoisotopic (exact) mass is 478 g/mol. The van der Waals surface area contributed by atoms with Gasteiger partial charge < -0.3 is 10.3 Å². The topological polar surface area (TPSA) is 87.7 Å². The summed E-state index contributed by atoms with van der Waals surface area (Å²) < 4.78 is 41.0. The molecule has 2 N–H and O–H groups in total. The highest BCUT2D eigenvalue weighted by Gasteiger charge is 2.34. The standard InChI is InChI=1S/C26H21F3N4O2/c1-13-7-8-15(24(34)30-16-9-10-16)11-18(13)20-12-19-14(2)32-33-23(22(19)31-25(20)35)17-5-3-4-6-21(17)26(27,28)29/h3-8,11-12,16H,9-10H2,1-2H3,(H,30,34)(H,31,35). The largest absolute Gasteiger partial charge is 0.417 e. The molecule has 0 unspecified atom stereocenters. The van der Waals surface area contributed by atoms with E-state index in [1.807, 2.05) is 6.92 Å². The van der Waals surface area contributed by atoms with E-state index in [9.17, 15) is 22.8 Å². The lowest BCUT2D eigenvalue weighted by Crippen LogP contribution is -2.25. The number of hydrogen-bond acceptors (Lipinski definition) is 4. The Morgan fingerprint density at radius 2 is 1.74 bits per heavy atom. The number of carbonyl (C=O) groups excluding carboxylic acids is 1. The summed E-state index contributed by atoms with van der Waals surface area (Å²) >= 11 is 0. The minimum absolute atomic E-state index is 0.0588. The number of H-pyrrole nitrogens is 1. The number of carbonyl (C=O) groups is 1. The van der Waals surface area contributed by atoms with E-state index in [1.54, 1.807) is 31.2 Å². The molecule has 178 valence electrons. The molecule has 9 heteroatoms. The van der Waals surface area contributed by atoms with Crippen molar-refractivity contribution in [2.24, 2.45) is 0 Å². The molecule has 1 aliphatic carbocycles. The normalized spacial score (nSPS) is 13.7. The average Bonchev–Trinajstić information content (AvgIpc) is 3.63. The van der Waals surface area contributed by atoms with Crippen LogP contribution in [0.5, 0.6) is 0 Å². The van der Waals surface area contributed by atoms with Gasteiger partial charge in [-0.25, -0.2) is 0 Å². The zero-order chi connectivity index (χ0) is 24.9. The summed E-state index contributed by atoms with van der Waals surface area (Å²) in [6.45, 7) is 3.49. The van der Waals surface area contributed by atoms with Crippen molar-refractivity contribution in [3.05, 3.63) is 81.3 Å². The summed E-state index contributed by atoms with van der Waals surface area (Å²) in [4.78, 5) is 28.5. The first-order valence-electron chi connectivity index (χ1n) is 11.1. The summed E-state index contributed by atoms with van der Waals surface area (Å²) in [6.07, 6.45) is -2.70. The van der Waals surface area contributed by atoms with Crippen LogP contribution in [0.3, 0.4) is 0 Å². The Morgan fingerprint density at radius 1 is 1.00 bits per heavy atom. The van der Waals surface area contributed by atoms with E-state index in [1.165, 1.54) is 18.2 Å². The van der Waals surface area contributed by atoms with Crippen molar-refractivity contribution in [1.82, 2.24) is 20.5 Å². The van der Waals surface area contributed by atoms with Gasteiger partial charge in [0.25, 0.3) is 11.5 Å². The zero-order valence-corrected chi connectivity index (χ0v) is 19.0. The van der Waals surface area contributed by atoms with Gasteiger partial charge in [0, 0.05) is 28.1 Å². The number of aromatic nitrogens is 3. The van der Waals surface area contributed by atoms with Crippen LogP contribution in [-0.4, -0.2) is 27.1 Å². The molecule has 1 saturated carbocycles. The Hall–Kier alpha value is -4.01. The Kier molecular flexibility index (Phi) is 5.42. The highest BCUT2D eigenvalue weighted by atomic mass is 19.4. The molecule has 2 heterocycles. The predicted molar refractivity (Wildman–Crippen MR) is 126 cm³/mol. The third-order valence-electron chi connectivity index (χ3n) is 6.16. The lowest BCUT2D eigenvalue weighted by Gasteiger charge is -2.15. The number of halogens is 3. The van der Waals surface area contributed by atoms with E-state index in [4.69, 9.17) is 0 Å². The molecule has 0 aliphatic heterocycles. The first-order valence-corrected chi connectivity index (χ1v) is 11.1. The second kappa shape index (κ2) is 8.33. The zero-order valence-electron chi connectivity index (χ0n) is 19.0. The number of rotatable bonds is 4. The van der Waals surface area contributed by atoms with Gasteiger partial charge in [-0.15, -0.1) is 5.10 Å². The maximum atomic E-state index is 13.7. The van der Waals surface area contributed by atoms with Crippen molar-refractivity contribution in [3.8, 4) is 22.4 Å². The molecule has 0 radical (unpaired) electrons.